The average Bonchev–Trinajstić information content (AvgIpc) is 2.46. The predicted molar refractivity (Wildman–Crippen MR) is 89.7 cm³/mol. The Labute approximate surface area is 142 Å². The Morgan fingerprint density at radius 2 is 2.04 bits per heavy atom. The Morgan fingerprint density at radius 3 is 2.54 bits per heavy atom. The second-order valence-corrected chi connectivity index (χ2v) is 6.77. The summed E-state index contributed by atoms with van der Waals surface area (Å²) in [5.41, 5.74) is -0.508. The number of piperazine rings is 1. The van der Waals surface area contributed by atoms with Gasteiger partial charge in [-0.3, -0.25) is 0 Å². The minimum atomic E-state index is -1.87. The van der Waals surface area contributed by atoms with Crippen LogP contribution in [0.3, 0.4) is 0 Å². The molecule has 0 radical (unpaired) electrons. The zero-order valence-electron chi connectivity index (χ0n) is 14.5. The molecule has 0 bridgehead atoms. The van der Waals surface area contributed by atoms with E-state index in [2.05, 4.69) is 9.88 Å². The van der Waals surface area contributed by atoms with Crippen LogP contribution in [-0.2, 0) is 4.74 Å². The van der Waals surface area contributed by atoms with Gasteiger partial charge >= 0.3 is 13.4 Å². The van der Waals surface area contributed by atoms with Crippen molar-refractivity contribution < 1.29 is 24.2 Å². The second kappa shape index (κ2) is 7.27. The number of hydrogen-bond donors (Lipinski definition) is 2. The highest BCUT2D eigenvalue weighted by Crippen LogP contribution is 2.22. The van der Waals surface area contributed by atoms with Crippen molar-refractivity contribution >= 4 is 19.2 Å². The Hall–Kier alpha value is -2.00. The van der Waals surface area contributed by atoms with Crippen LogP contribution < -0.4 is 9.55 Å². The molecule has 9 heteroatoms. The standard InChI is InChI=1S/C15H24BN3O5/c1-11-10-18(14(20)23-15(2,3)4)7-8-19(11)13-6-5-12(9-17-13)24-16(21)22/h5-6,9,11,21-22H,7-8,10H2,1-4H3/t11-/m0/s1. The largest absolute Gasteiger partial charge is 0.707 e. The lowest BCUT2D eigenvalue weighted by atomic mass is 10.2. The van der Waals surface area contributed by atoms with E-state index >= 15 is 0 Å². The SMILES string of the molecule is C[C@H]1CN(C(=O)OC(C)(C)C)CCN1c1ccc(OB(O)O)cn1. The van der Waals surface area contributed by atoms with Gasteiger partial charge in [0.1, 0.15) is 17.2 Å². The van der Waals surface area contributed by atoms with Gasteiger partial charge in [-0.1, -0.05) is 0 Å². The predicted octanol–water partition coefficient (Wildman–Crippen LogP) is 0.875. The number of amides is 1. The Balaban J connectivity index is 1.97. The molecule has 1 aliphatic rings. The van der Waals surface area contributed by atoms with Crippen molar-refractivity contribution in [3.8, 4) is 5.75 Å². The third kappa shape index (κ3) is 5.00. The van der Waals surface area contributed by atoms with Gasteiger partial charge in [0, 0.05) is 25.7 Å². The number of nitrogens with zero attached hydrogens (tertiary/aromatic N) is 3. The molecular weight excluding hydrogens is 313 g/mol. The fourth-order valence-corrected chi connectivity index (χ4v) is 2.52. The van der Waals surface area contributed by atoms with Crippen molar-refractivity contribution in [3.63, 3.8) is 0 Å². The molecule has 132 valence electrons. The van der Waals surface area contributed by atoms with E-state index in [-0.39, 0.29) is 17.9 Å². The zero-order chi connectivity index (χ0) is 17.9. The van der Waals surface area contributed by atoms with Gasteiger partial charge in [-0.2, -0.15) is 0 Å². The number of hydrogen-bond acceptors (Lipinski definition) is 7. The Morgan fingerprint density at radius 1 is 1.33 bits per heavy atom. The van der Waals surface area contributed by atoms with Crippen LogP contribution in [0.4, 0.5) is 10.6 Å². The molecule has 0 saturated carbocycles. The molecule has 2 N–H and O–H groups in total. The fraction of sp³-hybridized carbons (Fsp3) is 0.600. The number of aromatic nitrogens is 1. The van der Waals surface area contributed by atoms with Crippen LogP contribution in [0.15, 0.2) is 18.3 Å². The smallest absolute Gasteiger partial charge is 0.511 e. The maximum absolute atomic E-state index is 12.2. The van der Waals surface area contributed by atoms with E-state index in [0.29, 0.717) is 19.6 Å². The minimum Gasteiger partial charge on any atom is -0.511 e. The molecule has 1 saturated heterocycles. The number of ether oxygens (including phenoxy) is 1. The Bertz CT molecular complexity index is 561. The highest BCUT2D eigenvalue weighted by atomic mass is 16.6. The quantitative estimate of drug-likeness (QED) is 0.791. The van der Waals surface area contributed by atoms with Gasteiger partial charge in [-0.25, -0.2) is 9.78 Å². The van der Waals surface area contributed by atoms with Crippen LogP contribution in [-0.4, -0.2) is 64.6 Å². The molecule has 2 rings (SSSR count). The van der Waals surface area contributed by atoms with Crippen LogP contribution in [0.2, 0.25) is 0 Å². The summed E-state index contributed by atoms with van der Waals surface area (Å²) in [7, 11) is -1.87. The van der Waals surface area contributed by atoms with Gasteiger partial charge in [-0.05, 0) is 39.8 Å². The van der Waals surface area contributed by atoms with Crippen LogP contribution in [0.25, 0.3) is 0 Å². The van der Waals surface area contributed by atoms with Gasteiger partial charge in [0.05, 0.1) is 6.20 Å². The van der Waals surface area contributed by atoms with E-state index in [1.54, 1.807) is 17.0 Å². The number of rotatable bonds is 3. The summed E-state index contributed by atoms with van der Waals surface area (Å²) < 4.78 is 10.1. The summed E-state index contributed by atoms with van der Waals surface area (Å²) in [5, 5.41) is 17.5. The summed E-state index contributed by atoms with van der Waals surface area (Å²) >= 11 is 0. The van der Waals surface area contributed by atoms with E-state index in [4.69, 9.17) is 19.4 Å². The maximum atomic E-state index is 12.2. The first-order valence-electron chi connectivity index (χ1n) is 7.89. The first-order valence-corrected chi connectivity index (χ1v) is 7.89. The molecule has 1 atom stereocenters. The number of pyridine rings is 1. The maximum Gasteiger partial charge on any atom is 0.707 e. The molecule has 1 aliphatic heterocycles. The summed E-state index contributed by atoms with van der Waals surface area (Å²) in [6, 6.07) is 3.44. The van der Waals surface area contributed by atoms with Gasteiger partial charge in [-0.15, -0.1) is 0 Å². The van der Waals surface area contributed by atoms with Crippen molar-refractivity contribution in [3.05, 3.63) is 18.3 Å². The van der Waals surface area contributed by atoms with Crippen LogP contribution in [0.1, 0.15) is 27.7 Å². The lowest BCUT2D eigenvalue weighted by Crippen LogP contribution is -2.54. The highest BCUT2D eigenvalue weighted by Gasteiger charge is 2.30. The van der Waals surface area contributed by atoms with Crippen LogP contribution in [0.5, 0.6) is 5.75 Å². The van der Waals surface area contributed by atoms with Crippen LogP contribution >= 0.6 is 0 Å². The van der Waals surface area contributed by atoms with E-state index in [1.165, 1.54) is 6.20 Å². The third-order valence-corrected chi connectivity index (χ3v) is 3.54. The lowest BCUT2D eigenvalue weighted by molar-refractivity contribution is 0.0218. The molecule has 0 aliphatic carbocycles. The molecule has 1 aromatic rings. The normalized spacial score (nSPS) is 18.3. The van der Waals surface area contributed by atoms with Gasteiger partial charge < -0.3 is 29.2 Å². The minimum absolute atomic E-state index is 0.0777. The molecular formula is C15H24BN3O5. The summed E-state index contributed by atoms with van der Waals surface area (Å²) in [6.07, 6.45) is 1.13. The topological polar surface area (TPSA) is 95.4 Å². The first-order chi connectivity index (χ1) is 11.2. The van der Waals surface area contributed by atoms with Gasteiger partial charge in [0.25, 0.3) is 0 Å². The van der Waals surface area contributed by atoms with Gasteiger partial charge in [0.15, 0.2) is 0 Å². The molecule has 0 aromatic carbocycles. The fourth-order valence-electron chi connectivity index (χ4n) is 2.52. The molecule has 2 heterocycles. The number of anilines is 1. The van der Waals surface area contributed by atoms with E-state index in [1.807, 2.05) is 27.7 Å². The number of carbonyl (C=O) groups excluding carboxylic acids is 1. The summed E-state index contributed by atoms with van der Waals surface area (Å²) in [6.45, 7) is 9.29. The summed E-state index contributed by atoms with van der Waals surface area (Å²) in [4.78, 5) is 20.2. The molecule has 1 fully saturated rings. The molecule has 1 amide bonds. The number of carbonyl (C=O) groups is 1. The molecule has 1 aromatic heterocycles. The monoisotopic (exact) mass is 337 g/mol. The van der Waals surface area contributed by atoms with Crippen molar-refractivity contribution in [2.75, 3.05) is 24.5 Å². The molecule has 0 spiro atoms. The van der Waals surface area contributed by atoms with E-state index < -0.39 is 12.9 Å². The Kier molecular flexibility index (Phi) is 5.56. The molecule has 24 heavy (non-hydrogen) atoms. The van der Waals surface area contributed by atoms with Crippen molar-refractivity contribution in [2.24, 2.45) is 0 Å². The van der Waals surface area contributed by atoms with Crippen molar-refractivity contribution in [2.45, 2.75) is 39.3 Å². The van der Waals surface area contributed by atoms with E-state index in [9.17, 15) is 4.79 Å². The third-order valence-electron chi connectivity index (χ3n) is 3.54. The average molecular weight is 337 g/mol. The van der Waals surface area contributed by atoms with Crippen LogP contribution in [0, 0.1) is 0 Å². The van der Waals surface area contributed by atoms with Gasteiger partial charge in [0.2, 0.25) is 0 Å². The zero-order valence-corrected chi connectivity index (χ0v) is 14.5. The van der Waals surface area contributed by atoms with Crippen molar-refractivity contribution in [1.82, 2.24) is 9.88 Å². The van der Waals surface area contributed by atoms with E-state index in [0.717, 1.165) is 5.82 Å². The molecule has 8 nitrogen and oxygen atoms in total. The molecule has 0 unspecified atom stereocenters. The lowest BCUT2D eigenvalue weighted by Gasteiger charge is -2.40. The highest BCUT2D eigenvalue weighted by molar-refractivity contribution is 6.33. The first kappa shape index (κ1) is 18.3. The summed E-state index contributed by atoms with van der Waals surface area (Å²) in [5.74, 6) is 1.01. The second-order valence-electron chi connectivity index (χ2n) is 6.77. The van der Waals surface area contributed by atoms with Crippen molar-refractivity contribution in [1.29, 1.82) is 0 Å².